The van der Waals surface area contributed by atoms with Crippen molar-refractivity contribution >= 4 is 5.95 Å². The largest absolute Gasteiger partial charge is 0.356 e. The molecule has 2 aromatic rings. The number of aryl methyl sites for hydroxylation is 1. The molecule has 1 aliphatic rings. The Hall–Kier alpha value is -2.10. The highest BCUT2D eigenvalue weighted by Gasteiger charge is 2.11. The number of hydrogen-bond donors (Lipinski definition) is 2. The van der Waals surface area contributed by atoms with Gasteiger partial charge < -0.3 is 5.32 Å². The summed E-state index contributed by atoms with van der Waals surface area (Å²) >= 11 is 0. The minimum atomic E-state index is 0.517. The van der Waals surface area contributed by atoms with Crippen LogP contribution in [0, 0.1) is 12.3 Å². The predicted octanol–water partition coefficient (Wildman–Crippen LogP) is 2.15. The normalized spacial score (nSPS) is 13.8. The molecule has 1 aromatic heterocycles. The Morgan fingerprint density at radius 2 is 2.22 bits per heavy atom. The van der Waals surface area contributed by atoms with Gasteiger partial charge in [-0.25, -0.2) is 4.98 Å². The second-order valence-electron chi connectivity index (χ2n) is 4.65. The number of fused-ring (bicyclic) bond motifs is 1. The lowest BCUT2D eigenvalue weighted by Crippen LogP contribution is -2.30. The Balaban J connectivity index is 2.14. The molecule has 0 atom stereocenters. The maximum Gasteiger partial charge on any atom is 0.204 e. The SMILES string of the molecule is Cc1cccc(-c2cc(=N)n3c(n2)NCCC3)c1. The van der Waals surface area contributed by atoms with Crippen molar-refractivity contribution in [1.82, 2.24) is 9.55 Å². The van der Waals surface area contributed by atoms with Gasteiger partial charge in [-0.15, -0.1) is 0 Å². The molecule has 2 heterocycles. The van der Waals surface area contributed by atoms with Crippen molar-refractivity contribution in [2.45, 2.75) is 19.9 Å². The van der Waals surface area contributed by atoms with Gasteiger partial charge in [0.2, 0.25) is 5.95 Å². The van der Waals surface area contributed by atoms with Crippen LogP contribution >= 0.6 is 0 Å². The number of anilines is 1. The van der Waals surface area contributed by atoms with Gasteiger partial charge in [0.15, 0.2) is 0 Å². The molecule has 0 spiro atoms. The third kappa shape index (κ3) is 1.90. The summed E-state index contributed by atoms with van der Waals surface area (Å²) in [5, 5.41) is 11.3. The molecule has 0 bridgehead atoms. The zero-order valence-corrected chi connectivity index (χ0v) is 10.4. The van der Waals surface area contributed by atoms with Gasteiger partial charge in [-0.2, -0.15) is 0 Å². The fraction of sp³-hybridized carbons (Fsp3) is 0.286. The van der Waals surface area contributed by atoms with Crippen molar-refractivity contribution in [1.29, 1.82) is 5.41 Å². The highest BCUT2D eigenvalue weighted by Crippen LogP contribution is 2.19. The number of aromatic nitrogens is 2. The molecule has 0 saturated heterocycles. The second kappa shape index (κ2) is 4.29. The quantitative estimate of drug-likeness (QED) is 0.802. The first-order valence-electron chi connectivity index (χ1n) is 6.21. The fourth-order valence-corrected chi connectivity index (χ4v) is 2.28. The molecule has 0 saturated carbocycles. The molecule has 0 unspecified atom stereocenters. The molecule has 1 aromatic carbocycles. The monoisotopic (exact) mass is 240 g/mol. The Bertz CT molecular complexity index is 642. The van der Waals surface area contributed by atoms with Crippen LogP contribution in [0.15, 0.2) is 30.3 Å². The summed E-state index contributed by atoms with van der Waals surface area (Å²) in [4.78, 5) is 4.62. The van der Waals surface area contributed by atoms with Crippen LogP contribution in [-0.2, 0) is 6.54 Å². The summed E-state index contributed by atoms with van der Waals surface area (Å²) in [5.74, 6) is 0.810. The molecule has 18 heavy (non-hydrogen) atoms. The van der Waals surface area contributed by atoms with Gasteiger partial charge in [-0.3, -0.25) is 9.98 Å². The Kier molecular flexibility index (Phi) is 2.63. The van der Waals surface area contributed by atoms with Gasteiger partial charge >= 0.3 is 0 Å². The van der Waals surface area contributed by atoms with Crippen molar-refractivity contribution in [3.05, 3.63) is 41.4 Å². The van der Waals surface area contributed by atoms with Crippen molar-refractivity contribution < 1.29 is 0 Å². The lowest BCUT2D eigenvalue weighted by molar-refractivity contribution is 0.584. The first-order chi connectivity index (χ1) is 8.74. The minimum Gasteiger partial charge on any atom is -0.356 e. The van der Waals surface area contributed by atoms with Crippen molar-refractivity contribution in [3.8, 4) is 11.3 Å². The highest BCUT2D eigenvalue weighted by atomic mass is 15.2. The molecule has 1 aliphatic heterocycles. The lowest BCUT2D eigenvalue weighted by atomic mass is 10.1. The van der Waals surface area contributed by atoms with Crippen molar-refractivity contribution in [3.63, 3.8) is 0 Å². The maximum atomic E-state index is 8.08. The molecule has 0 aliphatic carbocycles. The number of nitrogens with zero attached hydrogens (tertiary/aromatic N) is 2. The molecular weight excluding hydrogens is 224 g/mol. The highest BCUT2D eigenvalue weighted by molar-refractivity contribution is 5.61. The summed E-state index contributed by atoms with van der Waals surface area (Å²) in [6, 6.07) is 10.1. The van der Waals surface area contributed by atoms with E-state index in [1.54, 1.807) is 0 Å². The molecule has 2 N–H and O–H groups in total. The fourth-order valence-electron chi connectivity index (χ4n) is 2.28. The van der Waals surface area contributed by atoms with Crippen LogP contribution in [0.2, 0.25) is 0 Å². The summed E-state index contributed by atoms with van der Waals surface area (Å²) in [6.07, 6.45) is 1.05. The van der Waals surface area contributed by atoms with Crippen molar-refractivity contribution in [2.75, 3.05) is 11.9 Å². The topological polar surface area (TPSA) is 53.7 Å². The molecule has 3 rings (SSSR count). The summed E-state index contributed by atoms with van der Waals surface area (Å²) in [5.41, 5.74) is 3.66. The van der Waals surface area contributed by atoms with Crippen LogP contribution in [0.25, 0.3) is 11.3 Å². The molecule has 4 heteroatoms. The molecule has 92 valence electrons. The number of benzene rings is 1. The van der Waals surface area contributed by atoms with E-state index in [2.05, 4.69) is 29.4 Å². The molecular formula is C14H16N4. The first-order valence-corrected chi connectivity index (χ1v) is 6.21. The molecule has 4 nitrogen and oxygen atoms in total. The van der Waals surface area contributed by atoms with Gasteiger partial charge in [0.1, 0.15) is 5.49 Å². The minimum absolute atomic E-state index is 0.517. The van der Waals surface area contributed by atoms with Crippen LogP contribution in [0.3, 0.4) is 0 Å². The maximum absolute atomic E-state index is 8.08. The molecule has 0 amide bonds. The Morgan fingerprint density at radius 3 is 3.06 bits per heavy atom. The Morgan fingerprint density at radius 1 is 1.33 bits per heavy atom. The average molecular weight is 240 g/mol. The van der Waals surface area contributed by atoms with E-state index in [-0.39, 0.29) is 0 Å². The van der Waals surface area contributed by atoms with Crippen LogP contribution in [0.5, 0.6) is 0 Å². The smallest absolute Gasteiger partial charge is 0.204 e. The van der Waals surface area contributed by atoms with Crippen LogP contribution < -0.4 is 10.8 Å². The van der Waals surface area contributed by atoms with Crippen molar-refractivity contribution in [2.24, 2.45) is 0 Å². The Labute approximate surface area is 106 Å². The molecule has 0 fully saturated rings. The summed E-state index contributed by atoms with van der Waals surface area (Å²) in [6.45, 7) is 3.88. The van der Waals surface area contributed by atoms with Crippen LogP contribution in [0.4, 0.5) is 5.95 Å². The van der Waals surface area contributed by atoms with E-state index in [9.17, 15) is 0 Å². The van der Waals surface area contributed by atoms with E-state index < -0.39 is 0 Å². The lowest BCUT2D eigenvalue weighted by Gasteiger charge is -2.20. The van der Waals surface area contributed by atoms with E-state index in [4.69, 9.17) is 5.41 Å². The van der Waals surface area contributed by atoms with Gasteiger partial charge in [-0.05, 0) is 19.4 Å². The number of rotatable bonds is 1. The van der Waals surface area contributed by atoms with E-state index in [1.807, 2.05) is 22.8 Å². The summed E-state index contributed by atoms with van der Waals surface area (Å²) < 4.78 is 1.92. The zero-order valence-electron chi connectivity index (χ0n) is 10.4. The van der Waals surface area contributed by atoms with Crippen LogP contribution in [0.1, 0.15) is 12.0 Å². The summed E-state index contributed by atoms with van der Waals surface area (Å²) in [7, 11) is 0. The van der Waals surface area contributed by atoms with E-state index in [1.165, 1.54) is 5.56 Å². The van der Waals surface area contributed by atoms with Gasteiger partial charge in [0.05, 0.1) is 5.69 Å². The van der Waals surface area contributed by atoms with Crippen LogP contribution in [-0.4, -0.2) is 16.1 Å². The van der Waals surface area contributed by atoms with Gasteiger partial charge in [0.25, 0.3) is 0 Å². The van der Waals surface area contributed by atoms with Gasteiger partial charge in [0, 0.05) is 24.7 Å². The van der Waals surface area contributed by atoms with E-state index >= 15 is 0 Å². The third-order valence-corrected chi connectivity index (χ3v) is 3.20. The predicted molar refractivity (Wildman–Crippen MR) is 71.4 cm³/mol. The average Bonchev–Trinajstić information content (AvgIpc) is 2.39. The number of hydrogen-bond acceptors (Lipinski definition) is 3. The third-order valence-electron chi connectivity index (χ3n) is 3.20. The molecule has 0 radical (unpaired) electrons. The first kappa shape index (κ1) is 11.0. The van der Waals surface area contributed by atoms with E-state index in [0.29, 0.717) is 5.49 Å². The van der Waals surface area contributed by atoms with E-state index in [0.717, 1.165) is 36.7 Å². The van der Waals surface area contributed by atoms with Gasteiger partial charge in [-0.1, -0.05) is 23.8 Å². The second-order valence-corrected chi connectivity index (χ2v) is 4.65. The number of nitrogens with one attached hydrogen (secondary N) is 2. The standard InChI is InChI=1S/C14H16N4/c1-10-4-2-5-11(8-10)12-9-13(15)18-7-3-6-16-14(18)17-12/h2,4-5,8-9,15H,3,6-7H2,1H3,(H,16,17). The zero-order chi connectivity index (χ0) is 12.5.